The fourth-order valence-corrected chi connectivity index (χ4v) is 3.26. The maximum absolute atomic E-state index is 13.7. The molecule has 6 nitrogen and oxygen atoms in total. The molecule has 164 valence electrons. The van der Waals surface area contributed by atoms with E-state index in [0.29, 0.717) is 0 Å². The van der Waals surface area contributed by atoms with E-state index in [0.717, 1.165) is 30.3 Å². The normalized spacial score (nSPS) is 12.2. The van der Waals surface area contributed by atoms with Crippen molar-refractivity contribution in [2.45, 2.75) is 19.9 Å². The molecule has 2 amide bonds. The molecule has 0 fully saturated rings. The Labute approximate surface area is 175 Å². The van der Waals surface area contributed by atoms with Crippen molar-refractivity contribution in [2.24, 2.45) is 5.92 Å². The van der Waals surface area contributed by atoms with Crippen molar-refractivity contribution in [3.63, 3.8) is 0 Å². The van der Waals surface area contributed by atoms with Crippen molar-refractivity contribution in [1.82, 2.24) is 20.2 Å². The van der Waals surface area contributed by atoms with Crippen LogP contribution in [0.4, 0.5) is 17.6 Å². The quantitative estimate of drug-likeness (QED) is 0.441. The SMILES string of the molecule is CC(C)C(C(=O)NCCNC(=O)c1c(F)cccc1F)n1cnc2cc(F)c(F)cc21. The molecule has 31 heavy (non-hydrogen) atoms. The molecular formula is C21H20F4N4O2. The van der Waals surface area contributed by atoms with E-state index in [1.54, 1.807) is 13.8 Å². The van der Waals surface area contributed by atoms with Crippen molar-refractivity contribution in [1.29, 1.82) is 0 Å². The van der Waals surface area contributed by atoms with Gasteiger partial charge in [-0.2, -0.15) is 0 Å². The average Bonchev–Trinajstić information content (AvgIpc) is 3.07. The minimum absolute atomic E-state index is 0.0144. The first-order valence-corrected chi connectivity index (χ1v) is 9.52. The summed E-state index contributed by atoms with van der Waals surface area (Å²) < 4.78 is 55.8. The molecule has 0 saturated carbocycles. The first-order valence-electron chi connectivity index (χ1n) is 9.52. The van der Waals surface area contributed by atoms with Crippen LogP contribution in [-0.4, -0.2) is 34.5 Å². The topological polar surface area (TPSA) is 76.0 Å². The van der Waals surface area contributed by atoms with Gasteiger partial charge in [-0.1, -0.05) is 19.9 Å². The van der Waals surface area contributed by atoms with E-state index in [9.17, 15) is 27.2 Å². The van der Waals surface area contributed by atoms with E-state index in [4.69, 9.17) is 0 Å². The summed E-state index contributed by atoms with van der Waals surface area (Å²) in [6.45, 7) is 3.46. The summed E-state index contributed by atoms with van der Waals surface area (Å²) in [4.78, 5) is 28.7. The van der Waals surface area contributed by atoms with Gasteiger partial charge >= 0.3 is 0 Å². The number of aromatic nitrogens is 2. The van der Waals surface area contributed by atoms with Crippen molar-refractivity contribution in [2.75, 3.05) is 13.1 Å². The van der Waals surface area contributed by atoms with Crippen LogP contribution in [0.15, 0.2) is 36.7 Å². The lowest BCUT2D eigenvalue weighted by molar-refractivity contribution is -0.125. The van der Waals surface area contributed by atoms with Gasteiger partial charge in [0.15, 0.2) is 11.6 Å². The lowest BCUT2D eigenvalue weighted by atomic mass is 10.0. The Morgan fingerprint density at radius 1 is 0.968 bits per heavy atom. The molecule has 1 heterocycles. The first-order chi connectivity index (χ1) is 14.7. The molecular weight excluding hydrogens is 416 g/mol. The van der Waals surface area contributed by atoms with Gasteiger partial charge in [-0.3, -0.25) is 9.59 Å². The largest absolute Gasteiger partial charge is 0.353 e. The van der Waals surface area contributed by atoms with Gasteiger partial charge in [0.05, 0.1) is 17.4 Å². The Morgan fingerprint density at radius 2 is 1.58 bits per heavy atom. The maximum Gasteiger partial charge on any atom is 0.257 e. The molecule has 3 aromatic rings. The molecule has 0 spiro atoms. The number of rotatable bonds is 7. The van der Waals surface area contributed by atoms with Gasteiger partial charge in [0, 0.05) is 25.2 Å². The summed E-state index contributed by atoms with van der Waals surface area (Å²) in [5.41, 5.74) is -0.236. The summed E-state index contributed by atoms with van der Waals surface area (Å²) in [5, 5.41) is 4.96. The Balaban J connectivity index is 1.66. The van der Waals surface area contributed by atoms with Gasteiger partial charge in [-0.25, -0.2) is 22.5 Å². The highest BCUT2D eigenvalue weighted by Crippen LogP contribution is 2.25. The fourth-order valence-electron chi connectivity index (χ4n) is 3.26. The number of hydrogen-bond acceptors (Lipinski definition) is 3. The summed E-state index contributed by atoms with van der Waals surface area (Å²) >= 11 is 0. The van der Waals surface area contributed by atoms with Crippen molar-refractivity contribution >= 4 is 22.8 Å². The van der Waals surface area contributed by atoms with Crippen LogP contribution < -0.4 is 10.6 Å². The molecule has 0 bridgehead atoms. The monoisotopic (exact) mass is 436 g/mol. The second-order valence-corrected chi connectivity index (χ2v) is 7.24. The molecule has 1 unspecified atom stereocenters. The molecule has 3 rings (SSSR count). The molecule has 0 radical (unpaired) electrons. The number of benzene rings is 2. The third kappa shape index (κ3) is 4.68. The van der Waals surface area contributed by atoms with Gasteiger partial charge in [0.25, 0.3) is 5.91 Å². The molecule has 0 aliphatic rings. The highest BCUT2D eigenvalue weighted by atomic mass is 19.2. The van der Waals surface area contributed by atoms with Crippen LogP contribution in [0.25, 0.3) is 11.0 Å². The standard InChI is InChI=1S/C21H20F4N4O2/c1-11(2)19(29-10-28-16-8-14(24)15(25)9-17(16)29)21(31)27-7-6-26-20(30)18-12(22)4-3-5-13(18)23/h3-5,8-11,19H,6-7H2,1-2H3,(H,26,30)(H,27,31). The second kappa shape index (κ2) is 9.15. The summed E-state index contributed by atoms with van der Waals surface area (Å²) in [6, 6.07) is 4.23. The number of nitrogens with one attached hydrogen (secondary N) is 2. The van der Waals surface area contributed by atoms with Gasteiger partial charge in [-0.15, -0.1) is 0 Å². The molecule has 1 atom stereocenters. The van der Waals surface area contributed by atoms with E-state index in [1.165, 1.54) is 10.9 Å². The van der Waals surface area contributed by atoms with Crippen LogP contribution in [-0.2, 0) is 4.79 Å². The molecule has 2 aromatic carbocycles. The van der Waals surface area contributed by atoms with Crippen LogP contribution in [0.3, 0.4) is 0 Å². The Bertz CT molecular complexity index is 1110. The fraction of sp³-hybridized carbons (Fsp3) is 0.286. The second-order valence-electron chi connectivity index (χ2n) is 7.24. The predicted molar refractivity (Wildman–Crippen MR) is 105 cm³/mol. The van der Waals surface area contributed by atoms with E-state index in [1.807, 2.05) is 0 Å². The van der Waals surface area contributed by atoms with Gasteiger partial charge in [-0.05, 0) is 18.1 Å². The number of hydrogen-bond donors (Lipinski definition) is 2. The van der Waals surface area contributed by atoms with E-state index >= 15 is 0 Å². The number of nitrogens with zero attached hydrogens (tertiary/aromatic N) is 2. The number of carbonyl (C=O) groups is 2. The van der Waals surface area contributed by atoms with Crippen LogP contribution in [0.2, 0.25) is 0 Å². The van der Waals surface area contributed by atoms with Gasteiger partial charge < -0.3 is 15.2 Å². The third-order valence-electron chi connectivity index (χ3n) is 4.72. The van der Waals surface area contributed by atoms with Gasteiger partial charge in [0.1, 0.15) is 23.2 Å². The Morgan fingerprint density at radius 3 is 2.23 bits per heavy atom. The van der Waals surface area contributed by atoms with E-state index < -0.39 is 46.7 Å². The third-order valence-corrected chi connectivity index (χ3v) is 4.72. The van der Waals surface area contributed by atoms with Crippen molar-refractivity contribution in [3.8, 4) is 0 Å². The van der Waals surface area contributed by atoms with Crippen LogP contribution in [0, 0.1) is 29.2 Å². The van der Waals surface area contributed by atoms with E-state index in [2.05, 4.69) is 15.6 Å². The maximum atomic E-state index is 13.7. The highest BCUT2D eigenvalue weighted by molar-refractivity contribution is 5.94. The average molecular weight is 436 g/mol. The first kappa shape index (κ1) is 22.3. The lowest BCUT2D eigenvalue weighted by Crippen LogP contribution is -2.40. The summed E-state index contributed by atoms with van der Waals surface area (Å²) in [5.74, 6) is -5.68. The zero-order chi connectivity index (χ0) is 22.7. The van der Waals surface area contributed by atoms with Crippen molar-refractivity contribution in [3.05, 3.63) is 65.5 Å². The minimum atomic E-state index is -1.06. The molecule has 10 heteroatoms. The highest BCUT2D eigenvalue weighted by Gasteiger charge is 2.26. The number of carbonyl (C=O) groups excluding carboxylic acids is 2. The number of imidazole rings is 1. The number of amides is 2. The predicted octanol–water partition coefficient (Wildman–Crippen LogP) is 3.34. The molecule has 1 aromatic heterocycles. The molecule has 0 aliphatic heterocycles. The van der Waals surface area contributed by atoms with Crippen LogP contribution in [0.5, 0.6) is 0 Å². The van der Waals surface area contributed by atoms with Gasteiger partial charge in [0.2, 0.25) is 5.91 Å². The van der Waals surface area contributed by atoms with E-state index in [-0.39, 0.29) is 30.0 Å². The zero-order valence-electron chi connectivity index (χ0n) is 16.8. The number of fused-ring (bicyclic) bond motifs is 1. The zero-order valence-corrected chi connectivity index (χ0v) is 16.8. The molecule has 0 saturated heterocycles. The van der Waals surface area contributed by atoms with Crippen LogP contribution in [0.1, 0.15) is 30.2 Å². The molecule has 0 aliphatic carbocycles. The molecule has 2 N–H and O–H groups in total. The Hall–Kier alpha value is -3.43. The number of halogens is 4. The summed E-state index contributed by atoms with van der Waals surface area (Å²) in [7, 11) is 0. The Kier molecular flexibility index (Phi) is 6.57. The lowest BCUT2D eigenvalue weighted by Gasteiger charge is -2.22. The van der Waals surface area contributed by atoms with Crippen molar-refractivity contribution < 1.29 is 27.2 Å². The summed E-state index contributed by atoms with van der Waals surface area (Å²) in [6.07, 6.45) is 1.33. The van der Waals surface area contributed by atoms with Crippen LogP contribution >= 0.6 is 0 Å². The minimum Gasteiger partial charge on any atom is -0.353 e. The smallest absolute Gasteiger partial charge is 0.257 e.